The van der Waals surface area contributed by atoms with Crippen molar-refractivity contribution in [3.05, 3.63) is 22.4 Å². The minimum Gasteiger partial charge on any atom is -0.481 e. The second-order valence-electron chi connectivity index (χ2n) is 4.02. The molecule has 3 N–H and O–H groups in total. The maximum Gasteiger partial charge on any atom is 0.309 e. The van der Waals surface area contributed by atoms with Crippen LogP contribution in [0.25, 0.3) is 0 Å². The number of thiophene rings is 1. The van der Waals surface area contributed by atoms with Gasteiger partial charge in [-0.05, 0) is 31.7 Å². The molecule has 0 saturated carbocycles. The number of carbonyl (C=O) groups is 1. The molecule has 1 atom stereocenters. The first-order valence-corrected chi connectivity index (χ1v) is 5.34. The smallest absolute Gasteiger partial charge is 0.309 e. The van der Waals surface area contributed by atoms with Crippen molar-refractivity contribution < 1.29 is 9.90 Å². The van der Waals surface area contributed by atoms with Gasteiger partial charge >= 0.3 is 5.97 Å². The predicted octanol–water partition coefficient (Wildman–Crippen LogP) is 2.25. The second kappa shape index (κ2) is 4.11. The van der Waals surface area contributed by atoms with Gasteiger partial charge in [0, 0.05) is 10.9 Å². The van der Waals surface area contributed by atoms with Gasteiger partial charge in [-0.2, -0.15) is 0 Å². The van der Waals surface area contributed by atoms with Gasteiger partial charge in [0.15, 0.2) is 0 Å². The molecule has 0 bridgehead atoms. The highest BCUT2D eigenvalue weighted by atomic mass is 32.1. The van der Waals surface area contributed by atoms with E-state index in [-0.39, 0.29) is 6.04 Å². The molecule has 14 heavy (non-hydrogen) atoms. The SMILES string of the molecule is CC(C)(CC(N)c1cccs1)C(=O)O. The molecule has 1 rings (SSSR count). The zero-order valence-corrected chi connectivity index (χ0v) is 9.17. The summed E-state index contributed by atoms with van der Waals surface area (Å²) in [5.74, 6) is -0.801. The van der Waals surface area contributed by atoms with E-state index in [2.05, 4.69) is 0 Å². The van der Waals surface area contributed by atoms with Crippen LogP contribution >= 0.6 is 11.3 Å². The lowest BCUT2D eigenvalue weighted by molar-refractivity contribution is -0.147. The molecule has 78 valence electrons. The molecule has 0 spiro atoms. The van der Waals surface area contributed by atoms with Crippen LogP contribution < -0.4 is 5.73 Å². The molecule has 1 aromatic heterocycles. The van der Waals surface area contributed by atoms with E-state index in [1.165, 1.54) is 0 Å². The van der Waals surface area contributed by atoms with E-state index < -0.39 is 11.4 Å². The monoisotopic (exact) mass is 213 g/mol. The summed E-state index contributed by atoms with van der Waals surface area (Å²) in [5, 5.41) is 10.9. The van der Waals surface area contributed by atoms with Gasteiger partial charge in [-0.25, -0.2) is 0 Å². The van der Waals surface area contributed by atoms with Gasteiger partial charge in [-0.1, -0.05) is 6.07 Å². The Kier molecular flexibility index (Phi) is 3.29. The van der Waals surface area contributed by atoms with E-state index >= 15 is 0 Å². The van der Waals surface area contributed by atoms with Crippen molar-refractivity contribution in [3.63, 3.8) is 0 Å². The van der Waals surface area contributed by atoms with Gasteiger partial charge in [0.1, 0.15) is 0 Å². The highest BCUT2D eigenvalue weighted by molar-refractivity contribution is 7.10. The van der Waals surface area contributed by atoms with Gasteiger partial charge < -0.3 is 10.8 Å². The normalized spacial score (nSPS) is 13.9. The van der Waals surface area contributed by atoms with E-state index in [0.717, 1.165) is 4.88 Å². The van der Waals surface area contributed by atoms with Crippen molar-refractivity contribution in [2.24, 2.45) is 11.1 Å². The van der Waals surface area contributed by atoms with Crippen molar-refractivity contribution in [3.8, 4) is 0 Å². The fourth-order valence-electron chi connectivity index (χ4n) is 1.24. The van der Waals surface area contributed by atoms with E-state index in [1.54, 1.807) is 25.2 Å². The number of hydrogen-bond acceptors (Lipinski definition) is 3. The first kappa shape index (κ1) is 11.2. The van der Waals surface area contributed by atoms with Crippen molar-refractivity contribution in [2.45, 2.75) is 26.3 Å². The maximum atomic E-state index is 10.9. The number of carboxylic acid groups (broad SMARTS) is 1. The van der Waals surface area contributed by atoms with Crippen LogP contribution in [0.15, 0.2) is 17.5 Å². The summed E-state index contributed by atoms with van der Waals surface area (Å²) in [6.45, 7) is 3.39. The Labute approximate surface area is 87.6 Å². The molecule has 0 saturated heterocycles. The van der Waals surface area contributed by atoms with Gasteiger partial charge in [-0.15, -0.1) is 11.3 Å². The molecule has 1 unspecified atom stereocenters. The standard InChI is InChI=1S/C10H15NO2S/c1-10(2,9(12)13)6-7(11)8-4-3-5-14-8/h3-5,7H,6,11H2,1-2H3,(H,12,13). The van der Waals surface area contributed by atoms with Crippen LogP contribution in [0, 0.1) is 5.41 Å². The number of rotatable bonds is 4. The third kappa shape index (κ3) is 2.56. The third-order valence-corrected chi connectivity index (χ3v) is 3.22. The number of hydrogen-bond donors (Lipinski definition) is 2. The summed E-state index contributed by atoms with van der Waals surface area (Å²) >= 11 is 1.57. The van der Waals surface area contributed by atoms with Gasteiger partial charge in [0.25, 0.3) is 0 Å². The largest absolute Gasteiger partial charge is 0.481 e. The molecule has 0 aliphatic rings. The molecule has 4 heteroatoms. The van der Waals surface area contributed by atoms with Gasteiger partial charge in [0.05, 0.1) is 5.41 Å². The van der Waals surface area contributed by atoms with Crippen LogP contribution in [-0.4, -0.2) is 11.1 Å². The van der Waals surface area contributed by atoms with E-state index in [4.69, 9.17) is 10.8 Å². The van der Waals surface area contributed by atoms with Gasteiger partial charge in [0.2, 0.25) is 0 Å². The lowest BCUT2D eigenvalue weighted by Crippen LogP contribution is -2.28. The summed E-state index contributed by atoms with van der Waals surface area (Å²) in [6.07, 6.45) is 0.461. The Morgan fingerprint density at radius 1 is 1.71 bits per heavy atom. The van der Waals surface area contributed by atoms with Crippen LogP contribution in [0.3, 0.4) is 0 Å². The molecular formula is C10H15NO2S. The summed E-state index contributed by atoms with van der Waals surface area (Å²) in [4.78, 5) is 11.9. The summed E-state index contributed by atoms with van der Waals surface area (Å²) in [7, 11) is 0. The molecule has 0 amide bonds. The molecule has 0 aliphatic heterocycles. The molecule has 0 aliphatic carbocycles. The Bertz CT molecular complexity index is 306. The summed E-state index contributed by atoms with van der Waals surface area (Å²) < 4.78 is 0. The highest BCUT2D eigenvalue weighted by Gasteiger charge is 2.30. The fourth-order valence-corrected chi connectivity index (χ4v) is 1.97. The molecule has 3 nitrogen and oxygen atoms in total. The quantitative estimate of drug-likeness (QED) is 0.806. The van der Waals surface area contributed by atoms with E-state index in [1.807, 2.05) is 17.5 Å². The topological polar surface area (TPSA) is 63.3 Å². The van der Waals surface area contributed by atoms with Crippen LogP contribution in [-0.2, 0) is 4.79 Å². The van der Waals surface area contributed by atoms with E-state index in [9.17, 15) is 4.79 Å². The van der Waals surface area contributed by atoms with Crippen LogP contribution in [0.4, 0.5) is 0 Å². The maximum absolute atomic E-state index is 10.9. The third-order valence-electron chi connectivity index (χ3n) is 2.22. The highest BCUT2D eigenvalue weighted by Crippen LogP contribution is 2.30. The average molecular weight is 213 g/mol. The lowest BCUT2D eigenvalue weighted by atomic mass is 9.86. The van der Waals surface area contributed by atoms with Crippen molar-refractivity contribution in [1.29, 1.82) is 0 Å². The Balaban J connectivity index is 2.66. The molecule has 1 heterocycles. The summed E-state index contributed by atoms with van der Waals surface area (Å²) in [5.41, 5.74) is 5.15. The van der Waals surface area contributed by atoms with Crippen molar-refractivity contribution in [2.75, 3.05) is 0 Å². The number of carboxylic acids is 1. The second-order valence-corrected chi connectivity index (χ2v) is 4.99. The molecule has 0 radical (unpaired) electrons. The Morgan fingerprint density at radius 2 is 2.36 bits per heavy atom. The van der Waals surface area contributed by atoms with Crippen LogP contribution in [0.2, 0.25) is 0 Å². The van der Waals surface area contributed by atoms with Crippen molar-refractivity contribution >= 4 is 17.3 Å². The van der Waals surface area contributed by atoms with Crippen LogP contribution in [0.1, 0.15) is 31.2 Å². The molecule has 0 fully saturated rings. The molecule has 0 aromatic carbocycles. The van der Waals surface area contributed by atoms with Crippen LogP contribution in [0.5, 0.6) is 0 Å². The minimum atomic E-state index is -0.801. The lowest BCUT2D eigenvalue weighted by Gasteiger charge is -2.22. The molecular weight excluding hydrogens is 198 g/mol. The average Bonchev–Trinajstić information content (AvgIpc) is 2.54. The van der Waals surface area contributed by atoms with Crippen molar-refractivity contribution in [1.82, 2.24) is 0 Å². The zero-order valence-electron chi connectivity index (χ0n) is 8.36. The minimum absolute atomic E-state index is 0.180. The first-order chi connectivity index (χ1) is 6.43. The summed E-state index contributed by atoms with van der Waals surface area (Å²) in [6, 6.07) is 3.68. The van der Waals surface area contributed by atoms with Gasteiger partial charge in [-0.3, -0.25) is 4.79 Å². The van der Waals surface area contributed by atoms with E-state index in [0.29, 0.717) is 6.42 Å². The number of nitrogens with two attached hydrogens (primary N) is 1. The number of aliphatic carboxylic acids is 1. The Morgan fingerprint density at radius 3 is 2.79 bits per heavy atom. The molecule has 1 aromatic rings. The Hall–Kier alpha value is -0.870. The fraction of sp³-hybridized carbons (Fsp3) is 0.500. The zero-order chi connectivity index (χ0) is 10.8. The predicted molar refractivity (Wildman–Crippen MR) is 57.3 cm³/mol. The first-order valence-electron chi connectivity index (χ1n) is 4.46.